The van der Waals surface area contributed by atoms with Crippen molar-refractivity contribution in [3.63, 3.8) is 0 Å². The van der Waals surface area contributed by atoms with Crippen molar-refractivity contribution in [2.45, 2.75) is 58.4 Å². The third-order valence-electron chi connectivity index (χ3n) is 7.50. The van der Waals surface area contributed by atoms with Crippen molar-refractivity contribution >= 4 is 34.8 Å². The van der Waals surface area contributed by atoms with Crippen molar-refractivity contribution in [1.29, 1.82) is 0 Å². The maximum Gasteiger partial charge on any atom is 0.236 e. The van der Waals surface area contributed by atoms with Gasteiger partial charge in [0.1, 0.15) is 0 Å². The number of unbranched alkanes of at least 4 members (excludes halogenated alkanes) is 1. The first kappa shape index (κ1) is 26.2. The van der Waals surface area contributed by atoms with Crippen molar-refractivity contribution < 1.29 is 9.59 Å². The number of fused-ring (bicyclic) bond motifs is 1. The molecule has 1 fully saturated rings. The number of thiophene rings is 1. The van der Waals surface area contributed by atoms with E-state index in [1.165, 1.54) is 16.0 Å². The Labute approximate surface area is 219 Å². The van der Waals surface area contributed by atoms with Crippen LogP contribution < -0.4 is 0 Å². The third kappa shape index (κ3) is 6.28. The molecule has 35 heavy (non-hydrogen) atoms. The van der Waals surface area contributed by atoms with Gasteiger partial charge in [0.25, 0.3) is 0 Å². The van der Waals surface area contributed by atoms with Crippen LogP contribution in [0.3, 0.4) is 0 Å². The van der Waals surface area contributed by atoms with Crippen LogP contribution in [0.1, 0.15) is 68.0 Å². The summed E-state index contributed by atoms with van der Waals surface area (Å²) in [5.41, 5.74) is 2.48. The first-order valence-electron chi connectivity index (χ1n) is 13.1. The minimum Gasteiger partial charge on any atom is -0.341 e. The van der Waals surface area contributed by atoms with Crippen LogP contribution in [0.5, 0.6) is 0 Å². The zero-order valence-corrected chi connectivity index (χ0v) is 22.6. The molecule has 2 unspecified atom stereocenters. The molecule has 4 rings (SSSR count). The van der Waals surface area contributed by atoms with Gasteiger partial charge in [-0.05, 0) is 60.4 Å². The Hall–Kier alpha value is -1.89. The largest absolute Gasteiger partial charge is 0.341 e. The number of benzene rings is 1. The molecule has 2 atom stereocenters. The summed E-state index contributed by atoms with van der Waals surface area (Å²) in [5.74, 6) is 0.555. The molecule has 0 saturated carbocycles. The Bertz CT molecular complexity index is 992. The van der Waals surface area contributed by atoms with E-state index in [-0.39, 0.29) is 23.8 Å². The second kappa shape index (κ2) is 12.4. The molecule has 3 heterocycles. The predicted molar refractivity (Wildman–Crippen MR) is 144 cm³/mol. The standard InChI is InChI=1S/C28H38ClN3O2S/c1-3-5-7-21(4-2)28(34)31-15-6-14-30(17-18-31)26(33)20-32-16-12-25-24(13-19-35-25)27(32)22-8-10-23(29)11-9-22/h8-11,13,19,21,27H,3-7,12,14-18,20H2,1-2H3. The lowest BCUT2D eigenvalue weighted by Gasteiger charge is -2.37. The van der Waals surface area contributed by atoms with Crippen LogP contribution in [0.4, 0.5) is 0 Å². The van der Waals surface area contributed by atoms with E-state index in [0.29, 0.717) is 19.6 Å². The summed E-state index contributed by atoms with van der Waals surface area (Å²) in [6.45, 7) is 8.27. The second-order valence-electron chi connectivity index (χ2n) is 9.78. The second-order valence-corrected chi connectivity index (χ2v) is 11.2. The first-order valence-corrected chi connectivity index (χ1v) is 14.4. The van der Waals surface area contributed by atoms with Crippen LogP contribution in [0.2, 0.25) is 5.02 Å². The molecule has 2 amide bonds. The van der Waals surface area contributed by atoms with Gasteiger partial charge in [-0.2, -0.15) is 0 Å². The summed E-state index contributed by atoms with van der Waals surface area (Å²) in [6, 6.07) is 10.3. The maximum atomic E-state index is 13.5. The molecule has 0 bridgehead atoms. The molecule has 1 aromatic carbocycles. The first-order chi connectivity index (χ1) is 17.0. The molecule has 2 aromatic rings. The van der Waals surface area contributed by atoms with Gasteiger partial charge in [0.15, 0.2) is 0 Å². The summed E-state index contributed by atoms with van der Waals surface area (Å²) in [4.78, 5) is 34.3. The molecule has 0 spiro atoms. The fourth-order valence-corrected chi connectivity index (χ4v) is 6.48. The predicted octanol–water partition coefficient (Wildman–Crippen LogP) is 5.63. The SMILES string of the molecule is CCCCC(CC)C(=O)N1CCCN(C(=O)CN2CCc3sccc3C2c2ccc(Cl)cc2)CC1. The number of carbonyl (C=O) groups is 2. The Morgan fingerprint density at radius 1 is 1.03 bits per heavy atom. The Morgan fingerprint density at radius 3 is 2.51 bits per heavy atom. The average molecular weight is 516 g/mol. The summed E-state index contributed by atoms with van der Waals surface area (Å²) in [5, 5.41) is 2.88. The normalized spacial score (nSPS) is 19.8. The molecule has 0 N–H and O–H groups in total. The minimum absolute atomic E-state index is 0.0696. The fourth-order valence-electron chi connectivity index (χ4n) is 5.45. The van der Waals surface area contributed by atoms with Gasteiger partial charge in [0.05, 0.1) is 12.6 Å². The van der Waals surface area contributed by atoms with Gasteiger partial charge in [-0.3, -0.25) is 14.5 Å². The van der Waals surface area contributed by atoms with Crippen molar-refractivity contribution in [3.8, 4) is 0 Å². The molecule has 0 aliphatic carbocycles. The number of hydrogen-bond donors (Lipinski definition) is 0. The van der Waals surface area contributed by atoms with Crippen molar-refractivity contribution in [1.82, 2.24) is 14.7 Å². The summed E-state index contributed by atoms with van der Waals surface area (Å²) in [7, 11) is 0. The van der Waals surface area contributed by atoms with Crippen molar-refractivity contribution in [3.05, 3.63) is 56.7 Å². The highest BCUT2D eigenvalue weighted by Gasteiger charge is 2.33. The van der Waals surface area contributed by atoms with E-state index in [1.807, 2.05) is 21.9 Å². The summed E-state index contributed by atoms with van der Waals surface area (Å²) < 4.78 is 0. The van der Waals surface area contributed by atoms with E-state index in [1.54, 1.807) is 11.3 Å². The summed E-state index contributed by atoms with van der Waals surface area (Å²) >= 11 is 7.96. The smallest absolute Gasteiger partial charge is 0.236 e. The van der Waals surface area contributed by atoms with Crippen molar-refractivity contribution in [2.75, 3.05) is 39.3 Å². The zero-order valence-electron chi connectivity index (χ0n) is 21.0. The van der Waals surface area contributed by atoms with Crippen LogP contribution in [-0.2, 0) is 16.0 Å². The summed E-state index contributed by atoms with van der Waals surface area (Å²) in [6.07, 6.45) is 5.89. The lowest BCUT2D eigenvalue weighted by atomic mass is 9.93. The molecular weight excluding hydrogens is 478 g/mol. The molecule has 7 heteroatoms. The van der Waals surface area contributed by atoms with Gasteiger partial charge in [-0.1, -0.05) is 50.4 Å². The van der Waals surface area contributed by atoms with Crippen LogP contribution in [-0.4, -0.2) is 65.8 Å². The van der Waals surface area contributed by atoms with E-state index in [0.717, 1.165) is 63.2 Å². The molecular formula is C28H38ClN3O2S. The molecule has 5 nitrogen and oxygen atoms in total. The van der Waals surface area contributed by atoms with E-state index in [2.05, 4.69) is 42.3 Å². The number of carbonyl (C=O) groups excluding carboxylic acids is 2. The lowest BCUT2D eigenvalue weighted by Crippen LogP contribution is -2.45. The Balaban J connectivity index is 1.41. The quantitative estimate of drug-likeness (QED) is 0.458. The van der Waals surface area contributed by atoms with Gasteiger partial charge in [-0.25, -0.2) is 0 Å². The fraction of sp³-hybridized carbons (Fsp3) is 0.571. The molecule has 1 saturated heterocycles. The van der Waals surface area contributed by atoms with Gasteiger partial charge in [-0.15, -0.1) is 11.3 Å². The number of amides is 2. The van der Waals surface area contributed by atoms with E-state index in [9.17, 15) is 9.59 Å². The number of halogens is 1. The topological polar surface area (TPSA) is 43.9 Å². The minimum atomic E-state index is 0.0696. The molecule has 2 aliphatic heterocycles. The monoisotopic (exact) mass is 515 g/mol. The van der Waals surface area contributed by atoms with Crippen LogP contribution in [0.15, 0.2) is 35.7 Å². The average Bonchev–Trinajstić information content (AvgIpc) is 3.20. The van der Waals surface area contributed by atoms with Gasteiger partial charge >= 0.3 is 0 Å². The Kier molecular flexibility index (Phi) is 9.26. The third-order valence-corrected chi connectivity index (χ3v) is 8.75. The van der Waals surface area contributed by atoms with Crippen LogP contribution in [0, 0.1) is 5.92 Å². The highest BCUT2D eigenvalue weighted by atomic mass is 35.5. The number of hydrogen-bond acceptors (Lipinski definition) is 4. The zero-order chi connectivity index (χ0) is 24.8. The Morgan fingerprint density at radius 2 is 1.77 bits per heavy atom. The highest BCUT2D eigenvalue weighted by molar-refractivity contribution is 7.10. The van der Waals surface area contributed by atoms with Crippen molar-refractivity contribution in [2.24, 2.45) is 5.92 Å². The van der Waals surface area contributed by atoms with Gasteiger partial charge in [0, 0.05) is 48.5 Å². The van der Waals surface area contributed by atoms with Crippen LogP contribution in [0.25, 0.3) is 0 Å². The lowest BCUT2D eigenvalue weighted by molar-refractivity contribution is -0.137. The van der Waals surface area contributed by atoms with E-state index in [4.69, 9.17) is 11.6 Å². The molecule has 1 aromatic heterocycles. The maximum absolute atomic E-state index is 13.5. The van der Waals surface area contributed by atoms with E-state index < -0.39 is 0 Å². The number of rotatable bonds is 8. The van der Waals surface area contributed by atoms with Gasteiger partial charge in [0.2, 0.25) is 11.8 Å². The van der Waals surface area contributed by atoms with Gasteiger partial charge < -0.3 is 9.80 Å². The molecule has 2 aliphatic rings. The molecule has 0 radical (unpaired) electrons. The van der Waals surface area contributed by atoms with E-state index >= 15 is 0 Å². The van der Waals surface area contributed by atoms with Crippen LogP contribution >= 0.6 is 22.9 Å². The molecule has 190 valence electrons. The highest BCUT2D eigenvalue weighted by Crippen LogP contribution is 2.38. The number of nitrogens with zero attached hydrogens (tertiary/aromatic N) is 3.